The molecule has 1 aromatic carbocycles. The summed E-state index contributed by atoms with van der Waals surface area (Å²) in [6.07, 6.45) is 1.55. The fourth-order valence-corrected chi connectivity index (χ4v) is 2.98. The smallest absolute Gasteiger partial charge is 0.354 e. The lowest BCUT2D eigenvalue weighted by Crippen LogP contribution is -2.48. The van der Waals surface area contributed by atoms with E-state index >= 15 is 0 Å². The van der Waals surface area contributed by atoms with E-state index in [1.165, 1.54) is 6.07 Å². The van der Waals surface area contributed by atoms with Crippen LogP contribution in [0, 0.1) is 0 Å². The van der Waals surface area contributed by atoms with Gasteiger partial charge in [0.2, 0.25) is 0 Å². The van der Waals surface area contributed by atoms with Gasteiger partial charge in [-0.25, -0.2) is 9.78 Å². The molecule has 8 heteroatoms. The van der Waals surface area contributed by atoms with E-state index in [0.29, 0.717) is 43.2 Å². The number of anilines is 1. The summed E-state index contributed by atoms with van der Waals surface area (Å²) in [6.45, 7) is 2.39. The molecule has 0 unspecified atom stereocenters. The predicted octanol–water partition coefficient (Wildman–Crippen LogP) is 1.76. The van der Waals surface area contributed by atoms with E-state index in [4.69, 9.17) is 14.6 Å². The Morgan fingerprint density at radius 1 is 1.00 bits per heavy atom. The molecule has 0 spiro atoms. The first-order valence-electron chi connectivity index (χ1n) is 8.48. The highest BCUT2D eigenvalue weighted by molar-refractivity contribution is 5.95. The topological polar surface area (TPSA) is 92.2 Å². The van der Waals surface area contributed by atoms with Crippen molar-refractivity contribution in [2.24, 2.45) is 0 Å². The molecule has 1 saturated heterocycles. The lowest BCUT2D eigenvalue weighted by atomic mass is 10.1. The van der Waals surface area contributed by atoms with Crippen LogP contribution in [0.2, 0.25) is 0 Å². The number of carboxylic acids is 1. The number of carboxylic acid groups (broad SMARTS) is 1. The number of aromatic nitrogens is 1. The molecule has 1 fully saturated rings. The molecule has 142 valence electrons. The zero-order chi connectivity index (χ0) is 19.4. The van der Waals surface area contributed by atoms with Crippen molar-refractivity contribution in [3.63, 3.8) is 0 Å². The number of carbonyl (C=O) groups is 2. The summed E-state index contributed by atoms with van der Waals surface area (Å²) in [7, 11) is 3.09. The molecule has 1 amide bonds. The lowest BCUT2D eigenvalue weighted by molar-refractivity contribution is 0.0688. The molecular formula is C19H21N3O5. The molecule has 0 bridgehead atoms. The molecule has 0 radical (unpaired) electrons. The summed E-state index contributed by atoms with van der Waals surface area (Å²) in [5, 5.41) is 8.93. The number of hydrogen-bond donors (Lipinski definition) is 1. The molecule has 1 aromatic heterocycles. The molecule has 0 saturated carbocycles. The van der Waals surface area contributed by atoms with Crippen LogP contribution in [0.4, 0.5) is 5.69 Å². The van der Waals surface area contributed by atoms with Gasteiger partial charge in [-0.05, 0) is 24.3 Å². The lowest BCUT2D eigenvalue weighted by Gasteiger charge is -2.36. The maximum atomic E-state index is 12.8. The van der Waals surface area contributed by atoms with Gasteiger partial charge in [-0.3, -0.25) is 4.79 Å². The van der Waals surface area contributed by atoms with Gasteiger partial charge in [0.05, 0.1) is 26.1 Å². The van der Waals surface area contributed by atoms with Crippen LogP contribution in [0.1, 0.15) is 20.8 Å². The summed E-state index contributed by atoms with van der Waals surface area (Å²) in [5.41, 5.74) is 1.38. The highest BCUT2D eigenvalue weighted by Gasteiger charge is 2.23. The van der Waals surface area contributed by atoms with Crippen LogP contribution >= 0.6 is 0 Å². The van der Waals surface area contributed by atoms with Crippen molar-refractivity contribution < 1.29 is 24.2 Å². The first kappa shape index (κ1) is 18.5. The van der Waals surface area contributed by atoms with Gasteiger partial charge in [-0.2, -0.15) is 0 Å². The van der Waals surface area contributed by atoms with Gasteiger partial charge in [0.25, 0.3) is 5.91 Å². The highest BCUT2D eigenvalue weighted by Crippen LogP contribution is 2.24. The van der Waals surface area contributed by atoms with Gasteiger partial charge in [0, 0.05) is 37.8 Å². The van der Waals surface area contributed by atoms with E-state index in [2.05, 4.69) is 9.88 Å². The average molecular weight is 371 g/mol. The van der Waals surface area contributed by atoms with E-state index in [-0.39, 0.29) is 11.6 Å². The van der Waals surface area contributed by atoms with Crippen LogP contribution in [-0.4, -0.2) is 67.3 Å². The SMILES string of the molecule is COc1cc(OC)cc(C(=O)N2CCN(c3ccc(C(=O)O)nc3)CC2)c1. The third-order valence-electron chi connectivity index (χ3n) is 4.50. The van der Waals surface area contributed by atoms with Crippen molar-refractivity contribution in [3.8, 4) is 11.5 Å². The highest BCUT2D eigenvalue weighted by atomic mass is 16.5. The Balaban J connectivity index is 1.66. The van der Waals surface area contributed by atoms with Crippen molar-refractivity contribution in [2.45, 2.75) is 0 Å². The largest absolute Gasteiger partial charge is 0.497 e. The maximum absolute atomic E-state index is 12.8. The minimum atomic E-state index is -1.05. The van der Waals surface area contributed by atoms with Crippen molar-refractivity contribution in [3.05, 3.63) is 47.8 Å². The number of benzene rings is 1. The minimum Gasteiger partial charge on any atom is -0.497 e. The number of nitrogens with zero attached hydrogens (tertiary/aromatic N) is 3. The Labute approximate surface area is 156 Å². The van der Waals surface area contributed by atoms with E-state index in [9.17, 15) is 9.59 Å². The van der Waals surface area contributed by atoms with Crippen LogP contribution in [-0.2, 0) is 0 Å². The molecule has 1 N–H and O–H groups in total. The Hall–Kier alpha value is -3.29. The maximum Gasteiger partial charge on any atom is 0.354 e. The number of aromatic carboxylic acids is 1. The third kappa shape index (κ3) is 4.11. The summed E-state index contributed by atoms with van der Waals surface area (Å²) >= 11 is 0. The zero-order valence-corrected chi connectivity index (χ0v) is 15.2. The second kappa shape index (κ2) is 7.94. The molecule has 1 aliphatic heterocycles. The quantitative estimate of drug-likeness (QED) is 0.856. The molecule has 8 nitrogen and oxygen atoms in total. The van der Waals surface area contributed by atoms with Crippen molar-refractivity contribution in [1.82, 2.24) is 9.88 Å². The van der Waals surface area contributed by atoms with E-state index < -0.39 is 5.97 Å². The Morgan fingerprint density at radius 2 is 1.63 bits per heavy atom. The Kier molecular flexibility index (Phi) is 5.44. The zero-order valence-electron chi connectivity index (χ0n) is 15.2. The number of ether oxygens (including phenoxy) is 2. The number of piperazine rings is 1. The van der Waals surface area contributed by atoms with Gasteiger partial charge in [0.15, 0.2) is 0 Å². The molecule has 2 aromatic rings. The molecule has 3 rings (SSSR count). The molecular weight excluding hydrogens is 350 g/mol. The van der Waals surface area contributed by atoms with Crippen molar-refractivity contribution >= 4 is 17.6 Å². The van der Waals surface area contributed by atoms with Gasteiger partial charge < -0.3 is 24.4 Å². The first-order valence-corrected chi connectivity index (χ1v) is 8.48. The van der Waals surface area contributed by atoms with Crippen molar-refractivity contribution in [1.29, 1.82) is 0 Å². The number of amides is 1. The van der Waals surface area contributed by atoms with Crippen LogP contribution in [0.5, 0.6) is 11.5 Å². The minimum absolute atomic E-state index is 0.0135. The second-order valence-electron chi connectivity index (χ2n) is 6.09. The number of carbonyl (C=O) groups excluding carboxylic acids is 1. The van der Waals surface area contributed by atoms with Gasteiger partial charge in [-0.1, -0.05) is 0 Å². The van der Waals surface area contributed by atoms with Gasteiger partial charge in [0.1, 0.15) is 17.2 Å². The average Bonchev–Trinajstić information content (AvgIpc) is 2.73. The molecule has 27 heavy (non-hydrogen) atoms. The number of pyridine rings is 1. The van der Waals surface area contributed by atoms with Crippen LogP contribution < -0.4 is 14.4 Å². The summed E-state index contributed by atoms with van der Waals surface area (Å²) in [6, 6.07) is 8.35. The van der Waals surface area contributed by atoms with Crippen LogP contribution in [0.25, 0.3) is 0 Å². The number of methoxy groups -OCH3 is 2. The van der Waals surface area contributed by atoms with Gasteiger partial charge >= 0.3 is 5.97 Å². The van der Waals surface area contributed by atoms with Crippen LogP contribution in [0.15, 0.2) is 36.5 Å². The summed E-state index contributed by atoms with van der Waals surface area (Å²) < 4.78 is 10.5. The van der Waals surface area contributed by atoms with E-state index in [0.717, 1.165) is 5.69 Å². The fourth-order valence-electron chi connectivity index (χ4n) is 2.98. The van der Waals surface area contributed by atoms with E-state index in [1.54, 1.807) is 49.6 Å². The van der Waals surface area contributed by atoms with Gasteiger partial charge in [-0.15, -0.1) is 0 Å². The Morgan fingerprint density at radius 3 is 2.11 bits per heavy atom. The summed E-state index contributed by atoms with van der Waals surface area (Å²) in [4.78, 5) is 31.5. The van der Waals surface area contributed by atoms with Crippen molar-refractivity contribution in [2.75, 3.05) is 45.3 Å². The molecule has 2 heterocycles. The van der Waals surface area contributed by atoms with E-state index in [1.807, 2.05) is 0 Å². The first-order chi connectivity index (χ1) is 13.0. The predicted molar refractivity (Wildman–Crippen MR) is 98.9 cm³/mol. The number of rotatable bonds is 5. The molecule has 1 aliphatic rings. The standard InChI is InChI=1S/C19H21N3O5/c1-26-15-9-13(10-16(11-15)27-2)18(23)22-7-5-21(6-8-22)14-3-4-17(19(24)25)20-12-14/h3-4,9-12H,5-8H2,1-2H3,(H,24,25). The molecule has 0 atom stereocenters. The third-order valence-corrected chi connectivity index (χ3v) is 4.50. The number of hydrogen-bond acceptors (Lipinski definition) is 6. The Bertz CT molecular complexity index is 807. The molecule has 0 aliphatic carbocycles. The fraction of sp³-hybridized carbons (Fsp3) is 0.316. The normalized spacial score (nSPS) is 14.0. The summed E-state index contributed by atoms with van der Waals surface area (Å²) in [5.74, 6) is 0.0127. The van der Waals surface area contributed by atoms with Crippen LogP contribution in [0.3, 0.4) is 0 Å². The monoisotopic (exact) mass is 371 g/mol. The second-order valence-corrected chi connectivity index (χ2v) is 6.09.